The van der Waals surface area contributed by atoms with E-state index in [-0.39, 0.29) is 12.1 Å². The van der Waals surface area contributed by atoms with Crippen LogP contribution < -0.4 is 0 Å². The molecule has 3 nitrogen and oxygen atoms in total. The molecule has 0 amide bonds. The van der Waals surface area contributed by atoms with Gasteiger partial charge in [-0.2, -0.15) is 11.8 Å². The van der Waals surface area contributed by atoms with Gasteiger partial charge in [0.15, 0.2) is 0 Å². The summed E-state index contributed by atoms with van der Waals surface area (Å²) < 4.78 is 5.33. The summed E-state index contributed by atoms with van der Waals surface area (Å²) >= 11 is 3.41. The number of carbonyl (C=O) groups excluding carboxylic acids is 1. The van der Waals surface area contributed by atoms with Crippen LogP contribution in [0.1, 0.15) is 18.5 Å². The normalized spacial score (nSPS) is 20.4. The summed E-state index contributed by atoms with van der Waals surface area (Å²) in [5.41, 5.74) is 2.77. The molecule has 0 N–H and O–H groups in total. The Labute approximate surface area is 97.2 Å². The Bertz CT molecular complexity index is 307. The topological polar surface area (TPSA) is 39.2 Å². The second-order valence-corrected chi connectivity index (χ2v) is 5.32. The zero-order valence-corrected chi connectivity index (χ0v) is 9.98. The molecule has 1 aromatic rings. The quantitative estimate of drug-likeness (QED) is 0.759. The van der Waals surface area contributed by atoms with Crippen molar-refractivity contribution in [3.63, 3.8) is 0 Å². The first-order valence-electron chi connectivity index (χ1n) is 4.99. The maximum absolute atomic E-state index is 11.4. The van der Waals surface area contributed by atoms with Gasteiger partial charge in [-0.25, -0.2) is 4.98 Å². The van der Waals surface area contributed by atoms with E-state index < -0.39 is 0 Å². The van der Waals surface area contributed by atoms with E-state index in [0.29, 0.717) is 12.8 Å². The van der Waals surface area contributed by atoms with Gasteiger partial charge in [0, 0.05) is 17.6 Å². The molecule has 2 rings (SSSR count). The number of carbonyl (C=O) groups is 1. The van der Waals surface area contributed by atoms with Crippen LogP contribution in [0.15, 0.2) is 10.9 Å². The average molecular weight is 243 g/mol. The standard InChI is InChI=1S/C10H13NO2S2/c12-10(13-9-3-4-14-6-9)2-1-8-5-15-7-11-8/h5,7,9H,1-4,6H2. The minimum Gasteiger partial charge on any atom is -0.461 e. The van der Waals surface area contributed by atoms with Crippen molar-refractivity contribution in [2.75, 3.05) is 11.5 Å². The number of aromatic nitrogens is 1. The van der Waals surface area contributed by atoms with Gasteiger partial charge in [-0.3, -0.25) is 4.79 Å². The molecule has 82 valence electrons. The van der Waals surface area contributed by atoms with E-state index in [9.17, 15) is 4.79 Å². The molecule has 0 saturated carbocycles. The van der Waals surface area contributed by atoms with Crippen molar-refractivity contribution in [3.8, 4) is 0 Å². The number of nitrogens with zero attached hydrogens (tertiary/aromatic N) is 1. The molecular formula is C10H13NO2S2. The lowest BCUT2D eigenvalue weighted by Crippen LogP contribution is -2.17. The fourth-order valence-corrected chi connectivity index (χ4v) is 3.13. The zero-order valence-electron chi connectivity index (χ0n) is 8.35. The third-order valence-electron chi connectivity index (χ3n) is 2.25. The van der Waals surface area contributed by atoms with Gasteiger partial charge in [-0.15, -0.1) is 11.3 Å². The summed E-state index contributed by atoms with van der Waals surface area (Å²) in [6.07, 6.45) is 2.30. The van der Waals surface area contributed by atoms with Gasteiger partial charge >= 0.3 is 5.97 Å². The highest BCUT2D eigenvalue weighted by Gasteiger charge is 2.19. The van der Waals surface area contributed by atoms with Crippen molar-refractivity contribution in [1.82, 2.24) is 4.98 Å². The van der Waals surface area contributed by atoms with Gasteiger partial charge < -0.3 is 4.74 Å². The third-order valence-corrected chi connectivity index (χ3v) is 4.02. The Balaban J connectivity index is 1.68. The number of aryl methyl sites for hydroxylation is 1. The van der Waals surface area contributed by atoms with Crippen molar-refractivity contribution in [2.24, 2.45) is 0 Å². The van der Waals surface area contributed by atoms with E-state index in [2.05, 4.69) is 4.98 Å². The van der Waals surface area contributed by atoms with Crippen molar-refractivity contribution < 1.29 is 9.53 Å². The Hall–Kier alpha value is -0.550. The monoisotopic (exact) mass is 243 g/mol. The Morgan fingerprint density at radius 2 is 2.60 bits per heavy atom. The first kappa shape index (κ1) is 11.0. The van der Waals surface area contributed by atoms with Crippen LogP contribution in [0.25, 0.3) is 0 Å². The molecule has 0 bridgehead atoms. The first-order chi connectivity index (χ1) is 7.34. The number of hydrogen-bond donors (Lipinski definition) is 0. The fraction of sp³-hybridized carbons (Fsp3) is 0.600. The lowest BCUT2D eigenvalue weighted by Gasteiger charge is -2.09. The molecule has 1 atom stereocenters. The second kappa shape index (κ2) is 5.51. The second-order valence-electron chi connectivity index (χ2n) is 3.46. The molecule has 1 saturated heterocycles. The first-order valence-corrected chi connectivity index (χ1v) is 7.08. The highest BCUT2D eigenvalue weighted by Crippen LogP contribution is 2.20. The van der Waals surface area contributed by atoms with Crippen LogP contribution in [-0.4, -0.2) is 28.6 Å². The van der Waals surface area contributed by atoms with Crippen LogP contribution in [0.4, 0.5) is 0 Å². The summed E-state index contributed by atoms with van der Waals surface area (Å²) in [5.74, 6) is 1.99. The van der Waals surface area contributed by atoms with Crippen LogP contribution in [0, 0.1) is 0 Å². The van der Waals surface area contributed by atoms with Crippen molar-refractivity contribution >= 4 is 29.1 Å². The highest BCUT2D eigenvalue weighted by atomic mass is 32.2. The molecule has 0 spiro atoms. The molecule has 0 aromatic carbocycles. The summed E-state index contributed by atoms with van der Waals surface area (Å²) in [4.78, 5) is 15.6. The van der Waals surface area contributed by atoms with Gasteiger partial charge in [0.2, 0.25) is 0 Å². The van der Waals surface area contributed by atoms with Crippen LogP contribution in [-0.2, 0) is 16.0 Å². The highest BCUT2D eigenvalue weighted by molar-refractivity contribution is 7.99. The minimum absolute atomic E-state index is 0.0875. The lowest BCUT2D eigenvalue weighted by molar-refractivity contribution is -0.147. The maximum Gasteiger partial charge on any atom is 0.306 e. The molecule has 5 heteroatoms. The molecule has 1 aromatic heterocycles. The van der Waals surface area contributed by atoms with Crippen LogP contribution >= 0.6 is 23.1 Å². The Morgan fingerprint density at radius 1 is 1.67 bits per heavy atom. The number of rotatable bonds is 4. The molecular weight excluding hydrogens is 230 g/mol. The summed E-state index contributed by atoms with van der Waals surface area (Å²) in [7, 11) is 0. The predicted molar refractivity (Wildman–Crippen MR) is 62.3 cm³/mol. The average Bonchev–Trinajstić information content (AvgIpc) is 2.86. The third kappa shape index (κ3) is 3.50. The van der Waals surface area contributed by atoms with E-state index in [1.807, 2.05) is 17.1 Å². The van der Waals surface area contributed by atoms with Gasteiger partial charge in [-0.05, 0) is 12.2 Å². The van der Waals surface area contributed by atoms with Crippen LogP contribution in [0.5, 0.6) is 0 Å². The minimum atomic E-state index is -0.0875. The van der Waals surface area contributed by atoms with Crippen molar-refractivity contribution in [3.05, 3.63) is 16.6 Å². The SMILES string of the molecule is O=C(CCc1cscn1)OC1CCSC1. The predicted octanol–water partition coefficient (Wildman–Crippen LogP) is 2.12. The fourth-order valence-electron chi connectivity index (χ4n) is 1.44. The molecule has 0 aliphatic carbocycles. The van der Waals surface area contributed by atoms with E-state index in [1.165, 1.54) is 0 Å². The van der Waals surface area contributed by atoms with Gasteiger partial charge in [0.1, 0.15) is 6.10 Å². The van der Waals surface area contributed by atoms with Crippen LogP contribution in [0.2, 0.25) is 0 Å². The van der Waals surface area contributed by atoms with Crippen molar-refractivity contribution in [1.29, 1.82) is 0 Å². The van der Waals surface area contributed by atoms with E-state index in [0.717, 1.165) is 23.6 Å². The molecule has 1 fully saturated rings. The van der Waals surface area contributed by atoms with Crippen LogP contribution in [0.3, 0.4) is 0 Å². The summed E-state index contributed by atoms with van der Waals surface area (Å²) in [5, 5.41) is 1.97. The zero-order chi connectivity index (χ0) is 10.5. The number of ether oxygens (including phenoxy) is 1. The molecule has 15 heavy (non-hydrogen) atoms. The number of esters is 1. The maximum atomic E-state index is 11.4. The summed E-state index contributed by atoms with van der Waals surface area (Å²) in [6, 6.07) is 0. The molecule has 2 heterocycles. The molecule has 1 aliphatic rings. The largest absolute Gasteiger partial charge is 0.461 e. The van der Waals surface area contributed by atoms with Gasteiger partial charge in [0.25, 0.3) is 0 Å². The van der Waals surface area contributed by atoms with Gasteiger partial charge in [0.05, 0.1) is 17.6 Å². The Morgan fingerprint density at radius 3 is 3.27 bits per heavy atom. The number of hydrogen-bond acceptors (Lipinski definition) is 5. The lowest BCUT2D eigenvalue weighted by atomic mass is 10.2. The molecule has 0 radical (unpaired) electrons. The molecule has 1 unspecified atom stereocenters. The van der Waals surface area contributed by atoms with Gasteiger partial charge in [-0.1, -0.05) is 0 Å². The van der Waals surface area contributed by atoms with Crippen molar-refractivity contribution in [2.45, 2.75) is 25.4 Å². The summed E-state index contributed by atoms with van der Waals surface area (Å²) in [6.45, 7) is 0. The Kier molecular flexibility index (Phi) is 4.02. The van der Waals surface area contributed by atoms with E-state index in [1.54, 1.807) is 16.8 Å². The smallest absolute Gasteiger partial charge is 0.306 e. The molecule has 1 aliphatic heterocycles. The van der Waals surface area contributed by atoms with E-state index >= 15 is 0 Å². The number of thioether (sulfide) groups is 1. The number of thiazole rings is 1. The van der Waals surface area contributed by atoms with E-state index in [4.69, 9.17) is 4.74 Å².